The van der Waals surface area contributed by atoms with Crippen LogP contribution in [0.25, 0.3) is 0 Å². The van der Waals surface area contributed by atoms with Gasteiger partial charge < -0.3 is 4.89 Å². The highest BCUT2D eigenvalue weighted by molar-refractivity contribution is 5.71. The van der Waals surface area contributed by atoms with E-state index in [0.717, 1.165) is 0 Å². The van der Waals surface area contributed by atoms with Gasteiger partial charge in [0.1, 0.15) is 6.33 Å². The molecule has 0 unspecified atom stereocenters. The van der Waals surface area contributed by atoms with Crippen LogP contribution in [0.15, 0.2) is 18.7 Å². The molecule has 1 aromatic rings. The minimum absolute atomic E-state index is 0.0165. The molecule has 0 saturated carbocycles. The second-order valence-electron chi connectivity index (χ2n) is 1.89. The zero-order chi connectivity index (χ0) is 8.10. The smallest absolute Gasteiger partial charge is 0.301 e. The van der Waals surface area contributed by atoms with Gasteiger partial charge in [-0.05, 0) is 5.56 Å². The van der Waals surface area contributed by atoms with Gasteiger partial charge in [-0.3, -0.25) is 0 Å². The summed E-state index contributed by atoms with van der Waals surface area (Å²) in [5.41, 5.74) is 0.603. The first-order valence-corrected chi connectivity index (χ1v) is 2.91. The third kappa shape index (κ3) is 2.30. The Hall–Kier alpha value is -1.49. The minimum Gasteiger partial charge on any atom is -0.301 e. The topological polar surface area (TPSA) is 72.3 Å². The minimum atomic E-state index is -0.722. The molecule has 0 radical (unpaired) electrons. The zero-order valence-electron chi connectivity index (χ0n) is 5.60. The number of nitrogens with zero attached hydrogens (tertiary/aromatic N) is 2. The van der Waals surface area contributed by atoms with Crippen LogP contribution < -0.4 is 0 Å². The molecule has 0 saturated heterocycles. The second-order valence-corrected chi connectivity index (χ2v) is 1.89. The summed E-state index contributed by atoms with van der Waals surface area (Å²) in [6.45, 7) is 0. The average Bonchev–Trinajstić information content (AvgIpc) is 2.06. The van der Waals surface area contributed by atoms with Crippen molar-refractivity contribution < 1.29 is 14.9 Å². The van der Waals surface area contributed by atoms with Crippen molar-refractivity contribution in [1.82, 2.24) is 9.97 Å². The van der Waals surface area contributed by atoms with Crippen LogP contribution in [0.5, 0.6) is 0 Å². The van der Waals surface area contributed by atoms with E-state index in [0.29, 0.717) is 5.56 Å². The quantitative estimate of drug-likeness (QED) is 0.480. The van der Waals surface area contributed by atoms with Crippen molar-refractivity contribution >= 4 is 5.97 Å². The third-order valence-electron chi connectivity index (χ3n) is 1.06. The van der Waals surface area contributed by atoms with E-state index in [9.17, 15) is 4.79 Å². The fourth-order valence-electron chi connectivity index (χ4n) is 0.620. The van der Waals surface area contributed by atoms with E-state index in [-0.39, 0.29) is 6.42 Å². The molecule has 0 aliphatic rings. The van der Waals surface area contributed by atoms with Gasteiger partial charge in [0.15, 0.2) is 0 Å². The third-order valence-corrected chi connectivity index (χ3v) is 1.06. The van der Waals surface area contributed by atoms with E-state index < -0.39 is 5.97 Å². The molecule has 5 nitrogen and oxygen atoms in total. The van der Waals surface area contributed by atoms with E-state index in [4.69, 9.17) is 5.26 Å². The average molecular weight is 154 g/mol. The SMILES string of the molecule is O=C(Cc1cncnc1)OO. The van der Waals surface area contributed by atoms with Gasteiger partial charge in [-0.1, -0.05) is 0 Å². The lowest BCUT2D eigenvalue weighted by Gasteiger charge is -1.94. The summed E-state index contributed by atoms with van der Waals surface area (Å²) < 4.78 is 0. The number of carbonyl (C=O) groups excluding carboxylic acids is 1. The highest BCUT2D eigenvalue weighted by Crippen LogP contribution is 1.94. The van der Waals surface area contributed by atoms with Crippen LogP contribution in [-0.4, -0.2) is 21.2 Å². The van der Waals surface area contributed by atoms with Crippen LogP contribution in [0.3, 0.4) is 0 Å². The van der Waals surface area contributed by atoms with Gasteiger partial charge in [0.2, 0.25) is 0 Å². The van der Waals surface area contributed by atoms with Crippen LogP contribution in [0.1, 0.15) is 5.56 Å². The van der Waals surface area contributed by atoms with E-state index >= 15 is 0 Å². The molecule has 1 heterocycles. The molecule has 5 heteroatoms. The van der Waals surface area contributed by atoms with E-state index in [1.54, 1.807) is 0 Å². The lowest BCUT2D eigenvalue weighted by molar-refractivity contribution is -0.233. The van der Waals surface area contributed by atoms with Gasteiger partial charge in [-0.25, -0.2) is 14.8 Å². The molecule has 0 spiro atoms. The van der Waals surface area contributed by atoms with Crippen molar-refractivity contribution in [2.45, 2.75) is 6.42 Å². The van der Waals surface area contributed by atoms with Gasteiger partial charge in [0.05, 0.1) is 6.42 Å². The lowest BCUT2D eigenvalue weighted by Crippen LogP contribution is -2.05. The Morgan fingerprint density at radius 3 is 2.73 bits per heavy atom. The first-order valence-electron chi connectivity index (χ1n) is 2.91. The maximum atomic E-state index is 10.5. The van der Waals surface area contributed by atoms with Crippen molar-refractivity contribution in [3.8, 4) is 0 Å². The monoisotopic (exact) mass is 154 g/mol. The Labute approximate surface area is 62.6 Å². The van der Waals surface area contributed by atoms with E-state index in [2.05, 4.69) is 14.9 Å². The number of carbonyl (C=O) groups is 1. The molecule has 0 amide bonds. The van der Waals surface area contributed by atoms with Gasteiger partial charge >= 0.3 is 5.97 Å². The number of rotatable bonds is 2. The predicted octanol–water partition coefficient (Wildman–Crippen LogP) is 0.0353. The number of aromatic nitrogens is 2. The molecule has 1 rings (SSSR count). The molecule has 0 atom stereocenters. The molecule has 11 heavy (non-hydrogen) atoms. The van der Waals surface area contributed by atoms with E-state index in [1.807, 2.05) is 0 Å². The molecule has 58 valence electrons. The summed E-state index contributed by atoms with van der Waals surface area (Å²) in [6.07, 6.45) is 4.29. The summed E-state index contributed by atoms with van der Waals surface area (Å²) in [5.74, 6) is -0.722. The molecule has 0 aliphatic carbocycles. The van der Waals surface area contributed by atoms with Crippen molar-refractivity contribution in [3.63, 3.8) is 0 Å². The summed E-state index contributed by atoms with van der Waals surface area (Å²) in [6, 6.07) is 0. The number of hydrogen-bond acceptors (Lipinski definition) is 5. The Kier molecular flexibility index (Phi) is 2.51. The predicted molar refractivity (Wildman–Crippen MR) is 34.5 cm³/mol. The Morgan fingerprint density at radius 2 is 2.18 bits per heavy atom. The van der Waals surface area contributed by atoms with Gasteiger partial charge in [-0.2, -0.15) is 5.26 Å². The Balaban J connectivity index is 2.58. The molecule has 0 bridgehead atoms. The fourth-order valence-corrected chi connectivity index (χ4v) is 0.620. The standard InChI is InChI=1S/C6H6N2O3/c9-6(11-10)1-5-2-7-4-8-3-5/h2-4,10H,1H2. The van der Waals surface area contributed by atoms with Gasteiger partial charge in [0.25, 0.3) is 0 Å². The molecular formula is C6H6N2O3. The summed E-state index contributed by atoms with van der Waals surface area (Å²) in [4.78, 5) is 21.3. The molecule has 1 N–H and O–H groups in total. The van der Waals surface area contributed by atoms with Crippen LogP contribution >= 0.6 is 0 Å². The number of hydrogen-bond donors (Lipinski definition) is 1. The molecule has 0 aliphatic heterocycles. The van der Waals surface area contributed by atoms with Crippen LogP contribution in [0, 0.1) is 0 Å². The van der Waals surface area contributed by atoms with Crippen LogP contribution in [0.4, 0.5) is 0 Å². The maximum Gasteiger partial charge on any atom is 0.346 e. The van der Waals surface area contributed by atoms with E-state index in [1.165, 1.54) is 18.7 Å². The molecule has 0 fully saturated rings. The normalized spacial score (nSPS) is 9.18. The lowest BCUT2D eigenvalue weighted by atomic mass is 10.2. The highest BCUT2D eigenvalue weighted by Gasteiger charge is 2.03. The molecule has 1 aromatic heterocycles. The van der Waals surface area contributed by atoms with Crippen molar-refractivity contribution in [1.29, 1.82) is 0 Å². The Bertz CT molecular complexity index is 237. The molecular weight excluding hydrogens is 148 g/mol. The van der Waals surface area contributed by atoms with Gasteiger partial charge in [-0.15, -0.1) is 0 Å². The summed E-state index contributed by atoms with van der Waals surface area (Å²) >= 11 is 0. The van der Waals surface area contributed by atoms with Crippen molar-refractivity contribution in [2.24, 2.45) is 0 Å². The summed E-state index contributed by atoms with van der Waals surface area (Å²) in [7, 11) is 0. The second kappa shape index (κ2) is 3.62. The first-order chi connectivity index (χ1) is 5.33. The van der Waals surface area contributed by atoms with Crippen LogP contribution in [-0.2, 0) is 16.1 Å². The first kappa shape index (κ1) is 7.62. The maximum absolute atomic E-state index is 10.5. The van der Waals surface area contributed by atoms with Gasteiger partial charge in [0, 0.05) is 12.4 Å². The largest absolute Gasteiger partial charge is 0.346 e. The fraction of sp³-hybridized carbons (Fsp3) is 0.167. The molecule has 0 aromatic carbocycles. The highest BCUT2D eigenvalue weighted by atomic mass is 17.1. The van der Waals surface area contributed by atoms with Crippen molar-refractivity contribution in [3.05, 3.63) is 24.3 Å². The van der Waals surface area contributed by atoms with Crippen molar-refractivity contribution in [2.75, 3.05) is 0 Å². The van der Waals surface area contributed by atoms with Crippen LogP contribution in [0.2, 0.25) is 0 Å². The Morgan fingerprint density at radius 1 is 1.55 bits per heavy atom. The zero-order valence-corrected chi connectivity index (χ0v) is 5.60. The summed E-state index contributed by atoms with van der Waals surface area (Å²) in [5, 5.41) is 7.91.